The van der Waals surface area contributed by atoms with Crippen molar-refractivity contribution in [2.75, 3.05) is 0 Å². The van der Waals surface area contributed by atoms with E-state index in [1.165, 1.54) is 21.9 Å². The van der Waals surface area contributed by atoms with Crippen LogP contribution in [0.5, 0.6) is 0 Å². The number of imidazole rings is 1. The summed E-state index contributed by atoms with van der Waals surface area (Å²) in [6.45, 7) is 2.14. The van der Waals surface area contributed by atoms with Crippen LogP contribution in [0.1, 0.15) is 5.56 Å². The summed E-state index contributed by atoms with van der Waals surface area (Å²) in [6.07, 6.45) is 3.81. The third-order valence-corrected chi connectivity index (χ3v) is 3.15. The van der Waals surface area contributed by atoms with Crippen LogP contribution in [0.4, 0.5) is 0 Å². The molecular weight excluding hydrogens is 208 g/mol. The molecule has 2 heteroatoms. The van der Waals surface area contributed by atoms with Crippen molar-refractivity contribution in [3.8, 4) is 11.4 Å². The smallest absolute Gasteiger partial charge is 0.139 e. The van der Waals surface area contributed by atoms with Crippen LogP contribution < -0.4 is 0 Å². The van der Waals surface area contributed by atoms with Gasteiger partial charge in [0.15, 0.2) is 0 Å². The Morgan fingerprint density at radius 3 is 2.41 bits per heavy atom. The first-order valence-electron chi connectivity index (χ1n) is 5.73. The van der Waals surface area contributed by atoms with Gasteiger partial charge in [0.05, 0.1) is 0 Å². The Hall–Kier alpha value is -2.09. The first-order chi connectivity index (χ1) is 8.25. The van der Waals surface area contributed by atoms with Crippen LogP contribution >= 0.6 is 0 Å². The molecule has 0 fully saturated rings. The van der Waals surface area contributed by atoms with Crippen LogP contribution in [0.25, 0.3) is 22.2 Å². The van der Waals surface area contributed by atoms with E-state index in [0.29, 0.717) is 0 Å². The monoisotopic (exact) mass is 222 g/mol. The maximum atomic E-state index is 4.42. The number of hydrogen-bond donors (Lipinski definition) is 0. The normalized spacial score (nSPS) is 10.9. The highest BCUT2D eigenvalue weighted by atomic mass is 15.0. The Labute approximate surface area is 101 Å². The van der Waals surface area contributed by atoms with E-state index >= 15 is 0 Å². The summed E-state index contributed by atoms with van der Waals surface area (Å²) in [5, 5.41) is 2.54. The van der Waals surface area contributed by atoms with Crippen molar-refractivity contribution in [3.63, 3.8) is 0 Å². The predicted octanol–water partition coefficient (Wildman–Crippen LogP) is 3.55. The molecule has 0 aliphatic heterocycles. The molecule has 1 aromatic heterocycles. The fraction of sp³-hybridized carbons (Fsp3) is 0.133. The fourth-order valence-corrected chi connectivity index (χ4v) is 2.22. The number of aryl methyl sites for hydroxylation is 2. The Kier molecular flexibility index (Phi) is 2.22. The standard InChI is InChI=1S/C15H14N2/c1-11-9-12-5-3-4-6-13(12)10-14(11)15-16-7-8-17(15)2/h3-10H,1-2H3. The lowest BCUT2D eigenvalue weighted by molar-refractivity contribution is 0.924. The molecule has 1 heterocycles. The number of rotatable bonds is 1. The third kappa shape index (κ3) is 1.62. The lowest BCUT2D eigenvalue weighted by Crippen LogP contribution is -1.93. The maximum Gasteiger partial charge on any atom is 0.139 e. The number of benzene rings is 2. The highest BCUT2D eigenvalue weighted by Gasteiger charge is 2.07. The average molecular weight is 222 g/mol. The molecule has 84 valence electrons. The maximum absolute atomic E-state index is 4.42. The van der Waals surface area contributed by atoms with Gasteiger partial charge in [-0.2, -0.15) is 0 Å². The van der Waals surface area contributed by atoms with E-state index < -0.39 is 0 Å². The van der Waals surface area contributed by atoms with Crippen molar-refractivity contribution in [2.45, 2.75) is 6.92 Å². The molecule has 0 unspecified atom stereocenters. The summed E-state index contributed by atoms with van der Waals surface area (Å²) >= 11 is 0. The van der Waals surface area contributed by atoms with Crippen LogP contribution in [0.2, 0.25) is 0 Å². The largest absolute Gasteiger partial charge is 0.334 e. The minimum Gasteiger partial charge on any atom is -0.334 e. The molecule has 0 N–H and O–H groups in total. The Bertz CT molecular complexity index is 680. The Morgan fingerprint density at radius 1 is 1.06 bits per heavy atom. The highest BCUT2D eigenvalue weighted by molar-refractivity contribution is 5.88. The van der Waals surface area contributed by atoms with Crippen molar-refractivity contribution < 1.29 is 0 Å². The highest BCUT2D eigenvalue weighted by Crippen LogP contribution is 2.26. The summed E-state index contributed by atoms with van der Waals surface area (Å²) in [7, 11) is 2.02. The zero-order valence-electron chi connectivity index (χ0n) is 10.0. The zero-order chi connectivity index (χ0) is 11.8. The third-order valence-electron chi connectivity index (χ3n) is 3.15. The second-order valence-electron chi connectivity index (χ2n) is 4.38. The molecule has 3 rings (SSSR count). The van der Waals surface area contributed by atoms with E-state index in [9.17, 15) is 0 Å². The van der Waals surface area contributed by atoms with Gasteiger partial charge in [0.2, 0.25) is 0 Å². The minimum atomic E-state index is 1.02. The van der Waals surface area contributed by atoms with Gasteiger partial charge in [-0.05, 0) is 29.3 Å². The van der Waals surface area contributed by atoms with Crippen molar-refractivity contribution in [1.82, 2.24) is 9.55 Å². The van der Waals surface area contributed by atoms with Crippen LogP contribution in [0.3, 0.4) is 0 Å². The molecular formula is C15H14N2. The summed E-state index contributed by atoms with van der Waals surface area (Å²) in [6, 6.07) is 12.9. The van der Waals surface area contributed by atoms with Gasteiger partial charge < -0.3 is 4.57 Å². The lowest BCUT2D eigenvalue weighted by Gasteiger charge is -2.08. The topological polar surface area (TPSA) is 17.8 Å². The molecule has 0 atom stereocenters. The van der Waals surface area contributed by atoms with Gasteiger partial charge in [-0.3, -0.25) is 0 Å². The SMILES string of the molecule is Cc1cc2ccccc2cc1-c1nccn1C. The van der Waals surface area contributed by atoms with Crippen LogP contribution in [0, 0.1) is 6.92 Å². The Morgan fingerprint density at radius 2 is 1.76 bits per heavy atom. The van der Waals surface area contributed by atoms with E-state index in [2.05, 4.69) is 52.9 Å². The van der Waals surface area contributed by atoms with E-state index in [4.69, 9.17) is 0 Å². The first-order valence-corrected chi connectivity index (χ1v) is 5.73. The van der Waals surface area contributed by atoms with Crippen LogP contribution in [-0.4, -0.2) is 9.55 Å². The van der Waals surface area contributed by atoms with Crippen LogP contribution in [-0.2, 0) is 7.05 Å². The molecule has 0 saturated heterocycles. The fourth-order valence-electron chi connectivity index (χ4n) is 2.22. The van der Waals surface area contributed by atoms with Gasteiger partial charge in [-0.25, -0.2) is 4.98 Å². The second-order valence-corrected chi connectivity index (χ2v) is 4.38. The summed E-state index contributed by atoms with van der Waals surface area (Å²) in [4.78, 5) is 4.42. The number of fused-ring (bicyclic) bond motifs is 1. The van der Waals surface area contributed by atoms with E-state index in [-0.39, 0.29) is 0 Å². The number of nitrogens with zero attached hydrogens (tertiary/aromatic N) is 2. The summed E-state index contributed by atoms with van der Waals surface area (Å²) < 4.78 is 2.05. The van der Waals surface area contributed by atoms with Gasteiger partial charge in [0, 0.05) is 25.0 Å². The Balaban J connectivity index is 2.30. The van der Waals surface area contributed by atoms with E-state index in [1.54, 1.807) is 0 Å². The van der Waals surface area contributed by atoms with Crippen molar-refractivity contribution in [2.24, 2.45) is 7.05 Å². The summed E-state index contributed by atoms with van der Waals surface area (Å²) in [5.41, 5.74) is 2.47. The van der Waals surface area contributed by atoms with Gasteiger partial charge in [0.25, 0.3) is 0 Å². The first kappa shape index (κ1) is 10.1. The molecule has 0 bridgehead atoms. The molecule has 0 spiro atoms. The van der Waals surface area contributed by atoms with Crippen LogP contribution in [0.15, 0.2) is 48.8 Å². The number of aromatic nitrogens is 2. The van der Waals surface area contributed by atoms with Gasteiger partial charge in [-0.15, -0.1) is 0 Å². The van der Waals surface area contributed by atoms with Gasteiger partial charge in [0.1, 0.15) is 5.82 Å². The van der Waals surface area contributed by atoms with Crippen molar-refractivity contribution in [1.29, 1.82) is 0 Å². The lowest BCUT2D eigenvalue weighted by atomic mass is 10.0. The number of hydrogen-bond acceptors (Lipinski definition) is 1. The van der Waals surface area contributed by atoms with Crippen molar-refractivity contribution in [3.05, 3.63) is 54.4 Å². The predicted molar refractivity (Wildman–Crippen MR) is 70.9 cm³/mol. The van der Waals surface area contributed by atoms with Gasteiger partial charge in [-0.1, -0.05) is 30.3 Å². The average Bonchev–Trinajstić information content (AvgIpc) is 2.74. The molecule has 2 nitrogen and oxygen atoms in total. The molecule has 0 aliphatic carbocycles. The van der Waals surface area contributed by atoms with Gasteiger partial charge >= 0.3 is 0 Å². The zero-order valence-corrected chi connectivity index (χ0v) is 10.0. The van der Waals surface area contributed by atoms with E-state index in [1.807, 2.05) is 19.4 Å². The molecule has 3 aromatic rings. The van der Waals surface area contributed by atoms with Crippen molar-refractivity contribution >= 4 is 10.8 Å². The molecule has 2 aromatic carbocycles. The quantitative estimate of drug-likeness (QED) is 0.615. The molecule has 17 heavy (non-hydrogen) atoms. The molecule has 0 saturated carbocycles. The summed E-state index contributed by atoms with van der Waals surface area (Å²) in [5.74, 6) is 1.02. The molecule has 0 aliphatic rings. The molecule has 0 radical (unpaired) electrons. The minimum absolute atomic E-state index is 1.02. The van der Waals surface area contributed by atoms with E-state index in [0.717, 1.165) is 5.82 Å². The second kappa shape index (κ2) is 3.74. The molecule has 0 amide bonds.